The van der Waals surface area contributed by atoms with Gasteiger partial charge in [-0.15, -0.1) is 11.3 Å². The van der Waals surface area contributed by atoms with Gasteiger partial charge in [0, 0.05) is 17.1 Å². The van der Waals surface area contributed by atoms with Crippen LogP contribution >= 0.6 is 11.3 Å². The molecule has 2 rings (SSSR count). The summed E-state index contributed by atoms with van der Waals surface area (Å²) in [5.74, 6) is 2.68. The second-order valence-electron chi connectivity index (χ2n) is 6.65. The topological polar surface area (TPSA) is 24.9 Å². The molecule has 1 N–H and O–H groups in total. The van der Waals surface area contributed by atoms with Crippen LogP contribution in [0.25, 0.3) is 0 Å². The fourth-order valence-electron chi connectivity index (χ4n) is 3.51. The highest BCUT2D eigenvalue weighted by molar-refractivity contribution is 7.09. The molecule has 0 amide bonds. The van der Waals surface area contributed by atoms with Gasteiger partial charge in [0.1, 0.15) is 0 Å². The van der Waals surface area contributed by atoms with Crippen LogP contribution in [0, 0.1) is 17.8 Å². The molecule has 0 aromatic carbocycles. The molecule has 20 heavy (non-hydrogen) atoms. The summed E-state index contributed by atoms with van der Waals surface area (Å²) in [4.78, 5) is 5.66. The van der Waals surface area contributed by atoms with Crippen LogP contribution in [0.15, 0.2) is 11.7 Å². The summed E-state index contributed by atoms with van der Waals surface area (Å²) in [6, 6.07) is 0.656. The van der Waals surface area contributed by atoms with Gasteiger partial charge < -0.3 is 5.32 Å². The van der Waals surface area contributed by atoms with Gasteiger partial charge in [-0.1, -0.05) is 20.8 Å². The number of aromatic nitrogens is 1. The first-order chi connectivity index (χ1) is 9.70. The zero-order valence-corrected chi connectivity index (χ0v) is 14.1. The summed E-state index contributed by atoms with van der Waals surface area (Å²) < 4.78 is 0. The second-order valence-corrected chi connectivity index (χ2v) is 7.62. The van der Waals surface area contributed by atoms with E-state index >= 15 is 0 Å². The average molecular weight is 295 g/mol. The summed E-state index contributed by atoms with van der Waals surface area (Å²) >= 11 is 1.80. The van der Waals surface area contributed by atoms with E-state index in [2.05, 4.69) is 31.1 Å². The Morgan fingerprint density at radius 3 is 2.50 bits per heavy atom. The molecule has 1 atom stereocenters. The van der Waals surface area contributed by atoms with Crippen molar-refractivity contribution in [2.45, 2.75) is 65.3 Å². The molecule has 1 unspecified atom stereocenters. The van der Waals surface area contributed by atoms with Crippen LogP contribution in [0.2, 0.25) is 0 Å². The lowest BCUT2D eigenvalue weighted by Gasteiger charge is -2.35. The largest absolute Gasteiger partial charge is 0.313 e. The number of hydrogen-bond donors (Lipinski definition) is 1. The minimum Gasteiger partial charge on any atom is -0.313 e. The normalized spacial score (nSPS) is 25.0. The predicted octanol–water partition coefficient (Wildman–Crippen LogP) is 4.52. The van der Waals surface area contributed by atoms with E-state index in [1.807, 2.05) is 11.7 Å². The molecule has 1 aliphatic rings. The zero-order chi connectivity index (χ0) is 14.4. The number of rotatable bonds is 7. The highest BCUT2D eigenvalue weighted by Crippen LogP contribution is 2.35. The van der Waals surface area contributed by atoms with Gasteiger partial charge >= 0.3 is 0 Å². The third-order valence-corrected chi connectivity index (χ3v) is 5.69. The van der Waals surface area contributed by atoms with Gasteiger partial charge in [-0.25, -0.2) is 0 Å². The summed E-state index contributed by atoms with van der Waals surface area (Å²) in [7, 11) is 0. The Hall–Kier alpha value is -0.410. The van der Waals surface area contributed by atoms with Crippen molar-refractivity contribution in [3.63, 3.8) is 0 Å². The van der Waals surface area contributed by atoms with Crippen LogP contribution in [0.4, 0.5) is 0 Å². The first-order valence-electron chi connectivity index (χ1n) is 8.31. The van der Waals surface area contributed by atoms with Crippen LogP contribution in [0.5, 0.6) is 0 Å². The van der Waals surface area contributed by atoms with E-state index in [1.54, 1.807) is 11.3 Å². The van der Waals surface area contributed by atoms with Gasteiger partial charge in [0.25, 0.3) is 0 Å². The molecule has 1 fully saturated rings. The first-order valence-corrected chi connectivity index (χ1v) is 9.19. The van der Waals surface area contributed by atoms with Crippen LogP contribution in [-0.4, -0.2) is 17.6 Å². The van der Waals surface area contributed by atoms with E-state index in [4.69, 9.17) is 0 Å². The maximum absolute atomic E-state index is 4.23. The molecular formula is C17H30N2S. The Balaban J connectivity index is 1.90. The Morgan fingerprint density at radius 2 is 1.95 bits per heavy atom. The minimum absolute atomic E-state index is 0.656. The Morgan fingerprint density at radius 1 is 1.25 bits per heavy atom. The van der Waals surface area contributed by atoms with Gasteiger partial charge in [0.05, 0.1) is 5.51 Å². The van der Waals surface area contributed by atoms with E-state index in [0.29, 0.717) is 6.04 Å². The highest BCUT2D eigenvalue weighted by atomic mass is 32.1. The summed E-state index contributed by atoms with van der Waals surface area (Å²) in [6.07, 6.45) is 10.1. The molecule has 1 heterocycles. The lowest BCUT2D eigenvalue weighted by atomic mass is 9.74. The van der Waals surface area contributed by atoms with Crippen molar-refractivity contribution in [3.8, 4) is 0 Å². The van der Waals surface area contributed by atoms with Crippen molar-refractivity contribution in [1.29, 1.82) is 0 Å². The fraction of sp³-hybridized carbons (Fsp3) is 0.824. The van der Waals surface area contributed by atoms with Crippen molar-refractivity contribution in [2.24, 2.45) is 17.8 Å². The van der Waals surface area contributed by atoms with E-state index < -0.39 is 0 Å². The number of nitrogens with one attached hydrogen (secondary N) is 1. The molecule has 0 saturated heterocycles. The molecule has 114 valence electrons. The smallest absolute Gasteiger partial charge is 0.0794 e. The maximum Gasteiger partial charge on any atom is 0.0794 e. The summed E-state index contributed by atoms with van der Waals surface area (Å²) in [5.41, 5.74) is 1.96. The van der Waals surface area contributed by atoms with Crippen molar-refractivity contribution in [3.05, 3.63) is 16.6 Å². The van der Waals surface area contributed by atoms with Crippen LogP contribution in [0.1, 0.15) is 57.8 Å². The van der Waals surface area contributed by atoms with E-state index in [0.717, 1.165) is 24.3 Å². The van der Waals surface area contributed by atoms with Crippen LogP contribution < -0.4 is 5.32 Å². The van der Waals surface area contributed by atoms with Crippen molar-refractivity contribution < 1.29 is 0 Å². The molecule has 0 spiro atoms. The minimum atomic E-state index is 0.656. The third-order valence-electron chi connectivity index (χ3n) is 4.89. The van der Waals surface area contributed by atoms with Crippen molar-refractivity contribution in [2.75, 3.05) is 6.54 Å². The fourth-order valence-corrected chi connectivity index (χ4v) is 4.16. The van der Waals surface area contributed by atoms with E-state index in [1.165, 1.54) is 43.4 Å². The third kappa shape index (κ3) is 4.56. The summed E-state index contributed by atoms with van der Waals surface area (Å²) in [6.45, 7) is 8.17. The molecule has 0 radical (unpaired) electrons. The number of nitrogens with zero attached hydrogens (tertiary/aromatic N) is 1. The average Bonchev–Trinajstić information content (AvgIpc) is 2.96. The van der Waals surface area contributed by atoms with E-state index in [-0.39, 0.29) is 0 Å². The molecule has 1 aromatic heterocycles. The van der Waals surface area contributed by atoms with Gasteiger partial charge in [-0.2, -0.15) is 0 Å². The molecule has 1 aromatic rings. The predicted molar refractivity (Wildman–Crippen MR) is 88.2 cm³/mol. The van der Waals surface area contributed by atoms with Gasteiger partial charge in [0.2, 0.25) is 0 Å². The lowest BCUT2D eigenvalue weighted by Crippen LogP contribution is -2.40. The van der Waals surface area contributed by atoms with Gasteiger partial charge in [-0.3, -0.25) is 4.98 Å². The van der Waals surface area contributed by atoms with Crippen molar-refractivity contribution >= 4 is 11.3 Å². The highest BCUT2D eigenvalue weighted by Gasteiger charge is 2.28. The van der Waals surface area contributed by atoms with E-state index in [9.17, 15) is 0 Å². The molecule has 1 saturated carbocycles. The quantitative estimate of drug-likeness (QED) is 0.800. The van der Waals surface area contributed by atoms with Crippen LogP contribution in [0.3, 0.4) is 0 Å². The molecule has 1 aliphatic carbocycles. The monoisotopic (exact) mass is 294 g/mol. The molecule has 2 nitrogen and oxygen atoms in total. The summed E-state index contributed by atoms with van der Waals surface area (Å²) in [5, 5.41) is 3.80. The molecule has 0 bridgehead atoms. The molecule has 0 aliphatic heterocycles. The standard InChI is InChI=1S/C17H30N2S/c1-4-9-19-17(10-16-11-18-12-20-16)15-7-5-14(6-8-15)13(2)3/h11-15,17,19H,4-10H2,1-3H3. The number of thiazole rings is 1. The molecule has 3 heteroatoms. The SMILES string of the molecule is CCCNC(Cc1cncs1)C1CCC(C(C)C)CC1. The first kappa shape index (κ1) is 16.0. The zero-order valence-electron chi connectivity index (χ0n) is 13.3. The van der Waals surface area contributed by atoms with Crippen molar-refractivity contribution in [1.82, 2.24) is 10.3 Å². The number of hydrogen-bond acceptors (Lipinski definition) is 3. The second kappa shape index (κ2) is 8.14. The lowest BCUT2D eigenvalue weighted by molar-refractivity contribution is 0.188. The molecular weight excluding hydrogens is 264 g/mol. The van der Waals surface area contributed by atoms with Crippen LogP contribution in [-0.2, 0) is 6.42 Å². The Kier molecular flexibility index (Phi) is 6.50. The Bertz CT molecular complexity index is 353. The van der Waals surface area contributed by atoms with Gasteiger partial charge in [0.15, 0.2) is 0 Å². The Labute approximate surface area is 128 Å². The van der Waals surface area contributed by atoms with Gasteiger partial charge in [-0.05, 0) is 62.8 Å². The maximum atomic E-state index is 4.23.